The summed E-state index contributed by atoms with van der Waals surface area (Å²) < 4.78 is 90.7. The molecule has 46 heavy (non-hydrogen) atoms. The summed E-state index contributed by atoms with van der Waals surface area (Å²) in [5.41, 5.74) is -3.21. The van der Waals surface area contributed by atoms with Crippen molar-refractivity contribution in [2.24, 2.45) is 0 Å². The summed E-state index contributed by atoms with van der Waals surface area (Å²) in [6, 6.07) is 7.48. The van der Waals surface area contributed by atoms with Crippen molar-refractivity contribution >= 4 is 42.7 Å². The molecule has 0 bridgehead atoms. The number of allylic oxidation sites excluding steroid dienone is 1. The molecule has 2 aliphatic heterocycles. The van der Waals surface area contributed by atoms with Gasteiger partial charge >= 0.3 is 251 Å². The molecule has 3 aromatic rings. The van der Waals surface area contributed by atoms with Crippen LogP contribution in [0.5, 0.6) is 0 Å². The zero-order valence-electron chi connectivity index (χ0n) is 26.2. The van der Waals surface area contributed by atoms with Gasteiger partial charge in [-0.1, -0.05) is 0 Å². The Morgan fingerprint density at radius 3 is 2.15 bits per heavy atom. The predicted octanol–water partition coefficient (Wildman–Crippen LogP) is 8.17. The van der Waals surface area contributed by atoms with Gasteiger partial charge in [0, 0.05) is 0 Å². The molecule has 13 heteroatoms. The summed E-state index contributed by atoms with van der Waals surface area (Å²) in [7, 11) is 0. The quantitative estimate of drug-likeness (QED) is 0.199. The van der Waals surface area contributed by atoms with E-state index < -0.39 is 72.4 Å². The number of hydrogen-bond donors (Lipinski definition) is 0. The van der Waals surface area contributed by atoms with E-state index in [-0.39, 0.29) is 25.1 Å². The number of aromatic nitrogens is 1. The van der Waals surface area contributed by atoms with Gasteiger partial charge in [0.15, 0.2) is 0 Å². The maximum atomic E-state index is 14.0. The van der Waals surface area contributed by atoms with Gasteiger partial charge in [-0.25, -0.2) is 0 Å². The normalized spacial score (nSPS) is 19.2. The van der Waals surface area contributed by atoms with Crippen LogP contribution in [0.1, 0.15) is 60.7 Å². The Morgan fingerprint density at radius 2 is 1.57 bits per heavy atom. The summed E-state index contributed by atoms with van der Waals surface area (Å²) in [4.78, 5) is 35.3. The number of amides is 1. The Bertz CT molecular complexity index is 1640. The number of para-hydroxylation sites is 1. The molecule has 5 rings (SSSR count). The Hall–Kier alpha value is -3.16. The van der Waals surface area contributed by atoms with Crippen LogP contribution in [-0.4, -0.2) is 76.9 Å². The molecule has 1 fully saturated rings. The molecule has 0 N–H and O–H groups in total. The molecular weight excluding hydrogens is 719 g/mol. The first-order valence-electron chi connectivity index (χ1n) is 15.0. The SMILES string of the molecule is [CH3][Sn-]([CH3])[C]1=CN2C[C@@H](Cc3cn(C(=O)OC(C)(C)C)c4ccccc34)N(C(=O)c3cc(C(F)(F)F)cc(C(F)(F)F)c3)C[C@H]2CC1. The number of alkyl halides is 6. The first-order valence-corrected chi connectivity index (χ1v) is 22.1. The third-order valence-electron chi connectivity index (χ3n) is 8.39. The average molecular weight is 755 g/mol. The van der Waals surface area contributed by atoms with Gasteiger partial charge in [0.2, 0.25) is 0 Å². The molecule has 0 unspecified atom stereocenters. The molecular formula is C33H36F6N3O3Sn-. The molecule has 1 amide bonds. The van der Waals surface area contributed by atoms with Gasteiger partial charge < -0.3 is 0 Å². The van der Waals surface area contributed by atoms with Crippen molar-refractivity contribution < 1.29 is 40.7 Å². The van der Waals surface area contributed by atoms with Crippen molar-refractivity contribution in [2.45, 2.75) is 80.0 Å². The van der Waals surface area contributed by atoms with E-state index in [0.717, 1.165) is 18.2 Å². The molecule has 6 nitrogen and oxygen atoms in total. The summed E-state index contributed by atoms with van der Waals surface area (Å²) in [5.74, 6) is -0.894. The standard InChI is InChI=1S/C31H30F6N3O3.2CH3.Sn/c1-29(2,3)43-28(42)40-16-20(25-9-4-5-10-26(25)40)14-24-17-38-11-7-6-8-23(38)18-39(24)27(41)19-12-21(30(32,33)34)15-22(13-19)31(35,36)37;;;/h4-5,9-13,15-16,23-24H,6,8,14,17-18H2,1-3H3;2*1H3;/q;;;-1/t23-,24-;;;/m1.../s1. The fourth-order valence-electron chi connectivity index (χ4n) is 6.15. The molecule has 0 saturated carbocycles. The van der Waals surface area contributed by atoms with Gasteiger partial charge in [-0.05, 0) is 20.8 Å². The molecule has 0 aliphatic carbocycles. The van der Waals surface area contributed by atoms with E-state index in [0.29, 0.717) is 29.8 Å². The van der Waals surface area contributed by atoms with Gasteiger partial charge in [-0.2, -0.15) is 0 Å². The number of rotatable bonds is 4. The van der Waals surface area contributed by atoms with Crippen LogP contribution in [-0.2, 0) is 23.5 Å². The number of nitrogens with zero attached hydrogens (tertiary/aromatic N) is 3. The van der Waals surface area contributed by atoms with Gasteiger partial charge in [0.25, 0.3) is 0 Å². The third-order valence-corrected chi connectivity index (χ3v) is 13.1. The number of benzene rings is 2. The fraction of sp³-hybridized carbons (Fsp3) is 0.455. The van der Waals surface area contributed by atoms with Crippen LogP contribution in [0, 0.1) is 0 Å². The first-order chi connectivity index (χ1) is 21.3. The zero-order chi connectivity index (χ0) is 33.8. The molecule has 248 valence electrons. The first kappa shape index (κ1) is 34.2. The molecule has 1 aromatic heterocycles. The van der Waals surface area contributed by atoms with Gasteiger partial charge in [-0.15, -0.1) is 0 Å². The summed E-state index contributed by atoms with van der Waals surface area (Å²) >= 11 is -1.71. The second-order valence-corrected chi connectivity index (χ2v) is 20.7. The van der Waals surface area contributed by atoms with Crippen molar-refractivity contribution in [1.29, 1.82) is 0 Å². The van der Waals surface area contributed by atoms with Crippen LogP contribution in [0.2, 0.25) is 9.88 Å². The molecule has 2 atom stereocenters. The Kier molecular flexibility index (Phi) is 9.26. The van der Waals surface area contributed by atoms with E-state index >= 15 is 0 Å². The second-order valence-electron chi connectivity index (χ2n) is 13.2. The maximum absolute atomic E-state index is 14.0. The Morgan fingerprint density at radius 1 is 0.935 bits per heavy atom. The van der Waals surface area contributed by atoms with E-state index in [1.807, 2.05) is 6.07 Å². The summed E-state index contributed by atoms with van der Waals surface area (Å²) in [6.07, 6.45) is -5.14. The number of carbonyl (C=O) groups is 2. The summed E-state index contributed by atoms with van der Waals surface area (Å²) in [6.45, 7) is 5.73. The van der Waals surface area contributed by atoms with E-state index in [2.05, 4.69) is 21.0 Å². The van der Waals surface area contributed by atoms with E-state index in [1.165, 1.54) is 13.1 Å². The average Bonchev–Trinajstić information content (AvgIpc) is 3.32. The monoisotopic (exact) mass is 756 g/mol. The fourth-order valence-corrected chi connectivity index (χ4v) is 9.20. The van der Waals surface area contributed by atoms with Crippen LogP contribution >= 0.6 is 0 Å². The minimum absolute atomic E-state index is 0.0304. The molecule has 0 spiro atoms. The Labute approximate surface area is 270 Å². The number of carbonyl (C=O) groups excluding carboxylic acids is 2. The predicted molar refractivity (Wildman–Crippen MR) is 164 cm³/mol. The van der Waals surface area contributed by atoms with Crippen molar-refractivity contribution in [3.63, 3.8) is 0 Å². The van der Waals surface area contributed by atoms with Crippen molar-refractivity contribution in [3.05, 3.63) is 80.7 Å². The number of halogens is 6. The Balaban J connectivity index is 1.57. The second kappa shape index (κ2) is 12.5. The molecule has 3 heterocycles. The van der Waals surface area contributed by atoms with Gasteiger partial charge in [0.1, 0.15) is 0 Å². The van der Waals surface area contributed by atoms with E-state index in [9.17, 15) is 35.9 Å². The minimum atomic E-state index is -5.08. The number of fused-ring (bicyclic) bond motifs is 2. The summed E-state index contributed by atoms with van der Waals surface area (Å²) in [5, 5.41) is 0.730. The number of piperazine rings is 1. The van der Waals surface area contributed by atoms with Crippen molar-refractivity contribution in [1.82, 2.24) is 14.4 Å². The van der Waals surface area contributed by atoms with Crippen LogP contribution in [0.3, 0.4) is 0 Å². The number of ether oxygens (including phenoxy) is 1. The van der Waals surface area contributed by atoms with Crippen LogP contribution in [0.15, 0.2) is 58.5 Å². The molecule has 2 aromatic carbocycles. The molecule has 2 aliphatic rings. The van der Waals surface area contributed by atoms with Gasteiger partial charge in [0.05, 0.1) is 0 Å². The van der Waals surface area contributed by atoms with Crippen LogP contribution < -0.4 is 0 Å². The van der Waals surface area contributed by atoms with Crippen LogP contribution in [0.25, 0.3) is 10.9 Å². The van der Waals surface area contributed by atoms with E-state index in [1.54, 1.807) is 45.2 Å². The van der Waals surface area contributed by atoms with Gasteiger partial charge in [-0.3, -0.25) is 0 Å². The topological polar surface area (TPSA) is 54.8 Å². The zero-order valence-corrected chi connectivity index (χ0v) is 29.1. The number of hydrogen-bond acceptors (Lipinski definition) is 4. The van der Waals surface area contributed by atoms with Crippen LogP contribution in [0.4, 0.5) is 31.1 Å². The van der Waals surface area contributed by atoms with E-state index in [4.69, 9.17) is 4.74 Å². The third kappa shape index (κ3) is 7.36. The van der Waals surface area contributed by atoms with Crippen molar-refractivity contribution in [2.75, 3.05) is 13.1 Å². The molecule has 1 saturated heterocycles. The molecule has 0 radical (unpaired) electrons. The van der Waals surface area contributed by atoms with Crippen molar-refractivity contribution in [3.8, 4) is 0 Å².